The normalized spacial score (nSPS) is 26.5. The number of fused-ring (bicyclic) bond motifs is 3. The SMILES string of the molecule is COc1cc(C2c3cc4c(cc3[C@@H](O)[C@H]3COC(=O)C23)OCO4)cc(OC)c1O. The minimum atomic E-state index is -0.867. The van der Waals surface area contributed by atoms with E-state index in [0.29, 0.717) is 22.6 Å². The minimum absolute atomic E-state index is 0.106. The van der Waals surface area contributed by atoms with Gasteiger partial charge in [0.2, 0.25) is 12.5 Å². The van der Waals surface area contributed by atoms with E-state index in [-0.39, 0.29) is 36.6 Å². The van der Waals surface area contributed by atoms with Gasteiger partial charge in [0.25, 0.3) is 0 Å². The van der Waals surface area contributed by atoms with Crippen LogP contribution in [-0.2, 0) is 9.53 Å². The zero-order valence-electron chi connectivity index (χ0n) is 15.9. The molecule has 1 fully saturated rings. The number of aliphatic hydroxyl groups is 1. The van der Waals surface area contributed by atoms with Crippen molar-refractivity contribution in [2.75, 3.05) is 27.6 Å². The molecule has 2 aromatic rings. The Morgan fingerprint density at radius 3 is 2.21 bits per heavy atom. The van der Waals surface area contributed by atoms with Gasteiger partial charge in [-0.1, -0.05) is 0 Å². The van der Waals surface area contributed by atoms with E-state index in [9.17, 15) is 15.0 Å². The zero-order chi connectivity index (χ0) is 20.3. The van der Waals surface area contributed by atoms with Crippen LogP contribution >= 0.6 is 0 Å². The number of rotatable bonds is 3. The molecule has 2 unspecified atom stereocenters. The van der Waals surface area contributed by atoms with Gasteiger partial charge in [0.15, 0.2) is 23.0 Å². The monoisotopic (exact) mass is 400 g/mol. The molecule has 2 heterocycles. The lowest BCUT2D eigenvalue weighted by Gasteiger charge is -2.37. The third-order valence-corrected chi connectivity index (χ3v) is 6.01. The minimum Gasteiger partial charge on any atom is -0.502 e. The van der Waals surface area contributed by atoms with Gasteiger partial charge >= 0.3 is 5.97 Å². The summed E-state index contributed by atoms with van der Waals surface area (Å²) in [6, 6.07) is 6.93. The number of hydrogen-bond donors (Lipinski definition) is 2. The summed E-state index contributed by atoms with van der Waals surface area (Å²) in [4.78, 5) is 12.7. The van der Waals surface area contributed by atoms with Gasteiger partial charge in [-0.05, 0) is 41.0 Å². The number of hydrogen-bond acceptors (Lipinski definition) is 8. The molecule has 8 heteroatoms. The quantitative estimate of drug-likeness (QED) is 0.755. The predicted octanol–water partition coefficient (Wildman–Crippen LogP) is 2.11. The van der Waals surface area contributed by atoms with Crippen molar-refractivity contribution in [1.82, 2.24) is 0 Å². The van der Waals surface area contributed by atoms with Gasteiger partial charge in [-0.2, -0.15) is 0 Å². The van der Waals surface area contributed by atoms with Crippen LogP contribution in [0, 0.1) is 11.8 Å². The Morgan fingerprint density at radius 1 is 0.966 bits per heavy atom. The average Bonchev–Trinajstić information content (AvgIpc) is 3.34. The van der Waals surface area contributed by atoms with E-state index in [1.54, 1.807) is 24.3 Å². The molecule has 2 N–H and O–H groups in total. The van der Waals surface area contributed by atoms with Crippen LogP contribution in [0.2, 0.25) is 0 Å². The van der Waals surface area contributed by atoms with Gasteiger partial charge in [-0.15, -0.1) is 0 Å². The Morgan fingerprint density at radius 2 is 1.59 bits per heavy atom. The van der Waals surface area contributed by atoms with Crippen molar-refractivity contribution in [2.24, 2.45) is 11.8 Å². The van der Waals surface area contributed by atoms with E-state index < -0.39 is 23.9 Å². The van der Waals surface area contributed by atoms with Crippen molar-refractivity contribution < 1.29 is 38.7 Å². The van der Waals surface area contributed by atoms with Crippen LogP contribution in [0.3, 0.4) is 0 Å². The number of phenolic OH excluding ortho intramolecular Hbond substituents is 1. The number of aliphatic hydroxyl groups excluding tert-OH is 1. The van der Waals surface area contributed by atoms with Crippen LogP contribution < -0.4 is 18.9 Å². The fraction of sp³-hybridized carbons (Fsp3) is 0.381. The van der Waals surface area contributed by atoms with Crippen molar-refractivity contribution in [3.05, 3.63) is 41.0 Å². The Hall–Kier alpha value is -3.13. The standard InChI is InChI=1S/C21H20O8/c1-25-15-3-9(4-16(26-2)20(15)23)17-10-5-13-14(29-8-28-13)6-11(10)19(22)12-7-27-21(24)18(12)17/h3-6,12,17-19,22-23H,7-8H2,1-2H3/t12-,17?,18?,19+/m0/s1. The molecule has 0 amide bonds. The summed E-state index contributed by atoms with van der Waals surface area (Å²) in [5, 5.41) is 21.3. The number of ether oxygens (including phenoxy) is 5. The number of cyclic esters (lactones) is 1. The number of carbonyl (C=O) groups excluding carboxylic acids is 1. The van der Waals surface area contributed by atoms with Gasteiger partial charge in [-0.3, -0.25) is 4.79 Å². The van der Waals surface area contributed by atoms with Crippen LogP contribution in [0.5, 0.6) is 28.7 Å². The topological polar surface area (TPSA) is 104 Å². The Kier molecular flexibility index (Phi) is 3.99. The summed E-state index contributed by atoms with van der Waals surface area (Å²) in [6.07, 6.45) is -0.867. The summed E-state index contributed by atoms with van der Waals surface area (Å²) < 4.78 is 26.9. The molecule has 0 saturated carbocycles. The Labute approximate surface area is 166 Å². The summed E-state index contributed by atoms with van der Waals surface area (Å²) >= 11 is 0. The molecule has 2 aliphatic heterocycles. The van der Waals surface area contributed by atoms with E-state index in [2.05, 4.69) is 0 Å². The number of phenols is 1. The summed E-state index contributed by atoms with van der Waals surface area (Å²) in [5.41, 5.74) is 2.12. The fourth-order valence-corrected chi connectivity index (χ4v) is 4.63. The first-order valence-corrected chi connectivity index (χ1v) is 9.26. The smallest absolute Gasteiger partial charge is 0.310 e. The van der Waals surface area contributed by atoms with Crippen molar-refractivity contribution >= 4 is 5.97 Å². The predicted molar refractivity (Wildman–Crippen MR) is 98.5 cm³/mol. The molecule has 2 aromatic carbocycles. The van der Waals surface area contributed by atoms with Gasteiger partial charge in [0, 0.05) is 11.8 Å². The van der Waals surface area contributed by atoms with Crippen LogP contribution in [-0.4, -0.2) is 43.8 Å². The van der Waals surface area contributed by atoms with Gasteiger partial charge in [0.05, 0.1) is 32.8 Å². The maximum Gasteiger partial charge on any atom is 0.310 e. The van der Waals surface area contributed by atoms with Crippen molar-refractivity contribution in [3.8, 4) is 28.7 Å². The fourth-order valence-electron chi connectivity index (χ4n) is 4.63. The second kappa shape index (κ2) is 6.45. The molecule has 1 saturated heterocycles. The second-order valence-corrected chi connectivity index (χ2v) is 7.35. The molecule has 0 aromatic heterocycles. The molecule has 4 atom stereocenters. The molecular weight excluding hydrogens is 380 g/mol. The van der Waals surface area contributed by atoms with Gasteiger partial charge in [0.1, 0.15) is 0 Å². The Balaban J connectivity index is 1.75. The summed E-state index contributed by atoms with van der Waals surface area (Å²) in [7, 11) is 2.89. The molecule has 0 spiro atoms. The largest absolute Gasteiger partial charge is 0.502 e. The Bertz CT molecular complexity index is 975. The molecule has 0 bridgehead atoms. The second-order valence-electron chi connectivity index (χ2n) is 7.35. The molecule has 29 heavy (non-hydrogen) atoms. The molecule has 8 nitrogen and oxygen atoms in total. The molecular formula is C21H20O8. The maximum atomic E-state index is 12.7. The van der Waals surface area contributed by atoms with Crippen LogP contribution in [0.4, 0.5) is 0 Å². The van der Waals surface area contributed by atoms with Crippen LogP contribution in [0.1, 0.15) is 28.7 Å². The van der Waals surface area contributed by atoms with Crippen LogP contribution in [0.25, 0.3) is 0 Å². The van der Waals surface area contributed by atoms with Crippen molar-refractivity contribution in [3.63, 3.8) is 0 Å². The first-order chi connectivity index (χ1) is 14.0. The first-order valence-electron chi connectivity index (χ1n) is 9.26. The molecule has 3 aliphatic rings. The van der Waals surface area contributed by atoms with E-state index >= 15 is 0 Å². The summed E-state index contributed by atoms with van der Waals surface area (Å²) in [5.74, 6) is -0.324. The molecule has 0 radical (unpaired) electrons. The summed E-state index contributed by atoms with van der Waals surface area (Å²) in [6.45, 7) is 0.246. The van der Waals surface area contributed by atoms with E-state index in [1.807, 2.05) is 0 Å². The number of methoxy groups -OCH3 is 2. The highest BCUT2D eigenvalue weighted by atomic mass is 16.7. The number of esters is 1. The lowest BCUT2D eigenvalue weighted by Crippen LogP contribution is -2.34. The third kappa shape index (κ3) is 2.52. The first kappa shape index (κ1) is 17.9. The van der Waals surface area contributed by atoms with Crippen molar-refractivity contribution in [2.45, 2.75) is 12.0 Å². The van der Waals surface area contributed by atoms with Crippen LogP contribution in [0.15, 0.2) is 24.3 Å². The lowest BCUT2D eigenvalue weighted by molar-refractivity contribution is -0.141. The highest BCUT2D eigenvalue weighted by molar-refractivity contribution is 5.79. The number of benzene rings is 2. The van der Waals surface area contributed by atoms with E-state index in [0.717, 1.165) is 5.56 Å². The zero-order valence-corrected chi connectivity index (χ0v) is 15.9. The molecule has 1 aliphatic carbocycles. The maximum absolute atomic E-state index is 12.7. The highest BCUT2D eigenvalue weighted by Crippen LogP contribution is 2.55. The molecule has 5 rings (SSSR count). The van der Waals surface area contributed by atoms with Crippen molar-refractivity contribution in [1.29, 1.82) is 0 Å². The number of carbonyl (C=O) groups is 1. The highest BCUT2D eigenvalue weighted by Gasteiger charge is 2.52. The van der Waals surface area contributed by atoms with E-state index in [4.69, 9.17) is 23.7 Å². The average molecular weight is 400 g/mol. The lowest BCUT2D eigenvalue weighted by atomic mass is 9.66. The van der Waals surface area contributed by atoms with Gasteiger partial charge in [-0.25, -0.2) is 0 Å². The van der Waals surface area contributed by atoms with E-state index in [1.165, 1.54) is 14.2 Å². The van der Waals surface area contributed by atoms with Gasteiger partial charge < -0.3 is 33.9 Å². The number of aromatic hydroxyl groups is 1. The third-order valence-electron chi connectivity index (χ3n) is 6.01. The molecule has 152 valence electrons.